The SMILES string of the molecule is CCOC(=O)C1=C(COC(=O)Cc2cnn(-c3ccccc3)c2)NC(=O)NC1c1ccc(C)o1. The summed E-state index contributed by atoms with van der Waals surface area (Å²) in [5.74, 6) is -0.201. The summed E-state index contributed by atoms with van der Waals surface area (Å²) in [6, 6.07) is 11.4. The minimum atomic E-state index is -0.876. The van der Waals surface area contributed by atoms with Crippen molar-refractivity contribution in [1.29, 1.82) is 0 Å². The van der Waals surface area contributed by atoms with E-state index in [0.717, 1.165) is 5.69 Å². The maximum absolute atomic E-state index is 12.7. The maximum atomic E-state index is 12.7. The van der Waals surface area contributed by atoms with E-state index in [1.807, 2.05) is 30.3 Å². The third-order valence-electron chi connectivity index (χ3n) is 5.08. The molecule has 10 heteroatoms. The number of aryl methyl sites for hydroxylation is 1. The number of hydrogen-bond donors (Lipinski definition) is 2. The number of nitrogens with zero attached hydrogens (tertiary/aromatic N) is 2. The van der Waals surface area contributed by atoms with E-state index in [9.17, 15) is 14.4 Å². The number of amides is 2. The summed E-state index contributed by atoms with van der Waals surface area (Å²) in [4.78, 5) is 37.5. The van der Waals surface area contributed by atoms with Crippen LogP contribution in [0, 0.1) is 6.92 Å². The van der Waals surface area contributed by atoms with Gasteiger partial charge in [0, 0.05) is 11.8 Å². The van der Waals surface area contributed by atoms with Gasteiger partial charge >= 0.3 is 18.0 Å². The van der Waals surface area contributed by atoms with E-state index in [0.29, 0.717) is 17.1 Å². The molecule has 3 heterocycles. The van der Waals surface area contributed by atoms with Gasteiger partial charge in [-0.25, -0.2) is 14.3 Å². The van der Waals surface area contributed by atoms with Crippen molar-refractivity contribution in [3.05, 3.63) is 83.2 Å². The zero-order chi connectivity index (χ0) is 24.1. The van der Waals surface area contributed by atoms with Crippen molar-refractivity contribution in [2.24, 2.45) is 0 Å². The van der Waals surface area contributed by atoms with Crippen LogP contribution in [0.2, 0.25) is 0 Å². The van der Waals surface area contributed by atoms with E-state index < -0.39 is 24.0 Å². The summed E-state index contributed by atoms with van der Waals surface area (Å²) in [5, 5.41) is 9.47. The molecule has 0 saturated heterocycles. The molecule has 2 amide bonds. The Balaban J connectivity index is 1.49. The number of nitrogens with one attached hydrogen (secondary N) is 2. The predicted molar refractivity (Wildman–Crippen MR) is 120 cm³/mol. The van der Waals surface area contributed by atoms with Gasteiger partial charge in [0.05, 0.1) is 36.2 Å². The molecule has 2 N–H and O–H groups in total. The van der Waals surface area contributed by atoms with Crippen LogP contribution in [-0.2, 0) is 25.5 Å². The summed E-state index contributed by atoms with van der Waals surface area (Å²) in [5.41, 5.74) is 1.77. The second-order valence-electron chi connectivity index (χ2n) is 7.56. The predicted octanol–water partition coefficient (Wildman–Crippen LogP) is 2.73. The van der Waals surface area contributed by atoms with E-state index in [2.05, 4.69) is 15.7 Å². The van der Waals surface area contributed by atoms with E-state index >= 15 is 0 Å². The molecule has 0 fully saturated rings. The monoisotopic (exact) mass is 464 g/mol. The molecule has 1 atom stereocenters. The number of ether oxygens (including phenoxy) is 2. The quantitative estimate of drug-likeness (QED) is 0.491. The van der Waals surface area contributed by atoms with Crippen molar-refractivity contribution in [1.82, 2.24) is 20.4 Å². The molecule has 0 bridgehead atoms. The maximum Gasteiger partial charge on any atom is 0.338 e. The Bertz CT molecular complexity index is 1230. The van der Waals surface area contributed by atoms with Gasteiger partial charge in [-0.15, -0.1) is 0 Å². The number of carbonyl (C=O) groups excluding carboxylic acids is 3. The number of furan rings is 1. The number of esters is 2. The van der Waals surface area contributed by atoms with Crippen LogP contribution in [0.25, 0.3) is 5.69 Å². The molecule has 1 aliphatic heterocycles. The normalized spacial score (nSPS) is 15.5. The van der Waals surface area contributed by atoms with Crippen LogP contribution >= 0.6 is 0 Å². The first-order chi connectivity index (χ1) is 16.4. The highest BCUT2D eigenvalue weighted by atomic mass is 16.5. The Hall–Kier alpha value is -4.34. The molecule has 2 aromatic heterocycles. The van der Waals surface area contributed by atoms with Crippen LogP contribution in [0.4, 0.5) is 4.79 Å². The molecule has 0 aliphatic carbocycles. The van der Waals surface area contributed by atoms with E-state index in [1.54, 1.807) is 43.1 Å². The summed E-state index contributed by atoms with van der Waals surface area (Å²) in [7, 11) is 0. The van der Waals surface area contributed by atoms with Crippen molar-refractivity contribution in [2.45, 2.75) is 26.3 Å². The third-order valence-corrected chi connectivity index (χ3v) is 5.08. The van der Waals surface area contributed by atoms with Gasteiger partial charge in [0.15, 0.2) is 0 Å². The lowest BCUT2D eigenvalue weighted by Gasteiger charge is -2.27. The van der Waals surface area contributed by atoms with Crippen molar-refractivity contribution < 1.29 is 28.3 Å². The van der Waals surface area contributed by atoms with Crippen molar-refractivity contribution in [3.63, 3.8) is 0 Å². The van der Waals surface area contributed by atoms with Crippen molar-refractivity contribution in [2.75, 3.05) is 13.2 Å². The van der Waals surface area contributed by atoms with Gasteiger partial charge in [-0.1, -0.05) is 18.2 Å². The minimum Gasteiger partial charge on any atom is -0.464 e. The van der Waals surface area contributed by atoms with E-state index in [4.69, 9.17) is 13.9 Å². The van der Waals surface area contributed by atoms with Gasteiger partial charge in [0.1, 0.15) is 24.2 Å². The van der Waals surface area contributed by atoms with Gasteiger partial charge in [0.25, 0.3) is 0 Å². The molecule has 1 unspecified atom stereocenters. The third kappa shape index (κ3) is 5.17. The largest absolute Gasteiger partial charge is 0.464 e. The van der Waals surface area contributed by atoms with Gasteiger partial charge in [-0.3, -0.25) is 4.79 Å². The van der Waals surface area contributed by atoms with E-state index in [1.165, 1.54) is 0 Å². The van der Waals surface area contributed by atoms with Crippen molar-refractivity contribution in [3.8, 4) is 5.69 Å². The topological polar surface area (TPSA) is 125 Å². The molecule has 3 aromatic rings. The summed E-state index contributed by atoms with van der Waals surface area (Å²) < 4.78 is 17.8. The molecule has 10 nitrogen and oxygen atoms in total. The lowest BCUT2D eigenvalue weighted by molar-refractivity contribution is -0.143. The fourth-order valence-electron chi connectivity index (χ4n) is 3.55. The molecule has 4 rings (SSSR count). The minimum absolute atomic E-state index is 0.0259. The Morgan fingerprint density at radius 1 is 1.15 bits per heavy atom. The fourth-order valence-corrected chi connectivity index (χ4v) is 3.55. The van der Waals surface area contributed by atoms with Crippen LogP contribution in [0.5, 0.6) is 0 Å². The van der Waals surface area contributed by atoms with Crippen LogP contribution in [0.3, 0.4) is 0 Å². The molecular weight excluding hydrogens is 440 g/mol. The highest BCUT2D eigenvalue weighted by Crippen LogP contribution is 2.29. The zero-order valence-electron chi connectivity index (χ0n) is 18.7. The Morgan fingerprint density at radius 2 is 1.94 bits per heavy atom. The Labute approximate surface area is 195 Å². The van der Waals surface area contributed by atoms with Crippen LogP contribution < -0.4 is 10.6 Å². The summed E-state index contributed by atoms with van der Waals surface area (Å²) in [6.07, 6.45) is 3.29. The lowest BCUT2D eigenvalue weighted by atomic mass is 10.0. The number of para-hydroxylation sites is 1. The molecule has 1 aliphatic rings. The number of aromatic nitrogens is 2. The fraction of sp³-hybridized carbons (Fsp3) is 0.250. The molecule has 0 spiro atoms. The zero-order valence-corrected chi connectivity index (χ0v) is 18.7. The van der Waals surface area contributed by atoms with E-state index in [-0.39, 0.29) is 30.9 Å². The second kappa shape index (κ2) is 10.1. The number of hydrogen-bond acceptors (Lipinski definition) is 7. The summed E-state index contributed by atoms with van der Waals surface area (Å²) in [6.45, 7) is 3.25. The molecule has 1 aromatic carbocycles. The Kier molecular flexibility index (Phi) is 6.77. The molecule has 34 heavy (non-hydrogen) atoms. The standard InChI is InChI=1S/C24H24N4O6/c1-3-32-23(30)21-18(26-24(31)27-22(21)19-10-9-15(2)34-19)14-33-20(29)11-16-12-25-28(13-16)17-7-5-4-6-8-17/h4-10,12-13,22H,3,11,14H2,1-2H3,(H2,26,27,31). The number of urea groups is 1. The first-order valence-corrected chi connectivity index (χ1v) is 10.7. The van der Waals surface area contributed by atoms with Crippen LogP contribution in [0.1, 0.15) is 30.0 Å². The average molecular weight is 464 g/mol. The highest BCUT2D eigenvalue weighted by Gasteiger charge is 2.36. The lowest BCUT2D eigenvalue weighted by Crippen LogP contribution is -2.47. The number of carbonyl (C=O) groups is 3. The number of rotatable bonds is 8. The molecule has 0 radical (unpaired) electrons. The van der Waals surface area contributed by atoms with Crippen LogP contribution in [-0.4, -0.2) is 41.0 Å². The highest BCUT2D eigenvalue weighted by molar-refractivity contribution is 5.95. The molecule has 0 saturated carbocycles. The van der Waals surface area contributed by atoms with Gasteiger partial charge in [0.2, 0.25) is 0 Å². The van der Waals surface area contributed by atoms with Crippen molar-refractivity contribution >= 4 is 18.0 Å². The summed E-state index contributed by atoms with van der Waals surface area (Å²) >= 11 is 0. The first kappa shape index (κ1) is 22.8. The average Bonchev–Trinajstić information content (AvgIpc) is 3.47. The smallest absolute Gasteiger partial charge is 0.338 e. The number of benzene rings is 1. The molecule has 176 valence electrons. The van der Waals surface area contributed by atoms with Gasteiger partial charge < -0.3 is 24.5 Å². The first-order valence-electron chi connectivity index (χ1n) is 10.7. The van der Waals surface area contributed by atoms with Crippen LogP contribution in [0.15, 0.2) is 70.5 Å². The molecular formula is C24H24N4O6. The van der Waals surface area contributed by atoms with Gasteiger partial charge in [-0.05, 0) is 38.1 Å². The Morgan fingerprint density at radius 3 is 2.65 bits per heavy atom. The van der Waals surface area contributed by atoms with Gasteiger partial charge in [-0.2, -0.15) is 5.10 Å². The second-order valence-corrected chi connectivity index (χ2v) is 7.56.